The van der Waals surface area contributed by atoms with Gasteiger partial charge in [-0.15, -0.1) is 0 Å². The van der Waals surface area contributed by atoms with Crippen molar-refractivity contribution in [3.05, 3.63) is 54.3 Å². The van der Waals surface area contributed by atoms with Gasteiger partial charge in [0.15, 0.2) is 11.5 Å². The molecule has 2 aromatic carbocycles. The molecular weight excluding hydrogens is 400 g/mol. The molecule has 5 heteroatoms. The van der Waals surface area contributed by atoms with Crippen LogP contribution in [0.5, 0.6) is 0 Å². The fourth-order valence-electron chi connectivity index (χ4n) is 5.78. The van der Waals surface area contributed by atoms with Crippen molar-refractivity contribution in [2.75, 3.05) is 50.8 Å². The molecule has 2 bridgehead atoms. The molecule has 0 unspecified atom stereocenters. The summed E-state index contributed by atoms with van der Waals surface area (Å²) < 4.78 is 11.7. The van der Waals surface area contributed by atoms with Crippen molar-refractivity contribution >= 4 is 22.4 Å². The molecule has 7 rings (SSSR count). The van der Waals surface area contributed by atoms with Gasteiger partial charge in [0.2, 0.25) is 0 Å². The fraction of sp³-hybridized carbons (Fsp3) is 0.444. The number of hydrogen-bond donors (Lipinski definition) is 0. The van der Waals surface area contributed by atoms with Crippen molar-refractivity contribution in [2.24, 2.45) is 11.8 Å². The van der Waals surface area contributed by atoms with Gasteiger partial charge in [0.25, 0.3) is 0 Å². The minimum atomic E-state index is 0.146. The zero-order valence-corrected chi connectivity index (χ0v) is 18.5. The van der Waals surface area contributed by atoms with Crippen LogP contribution in [-0.2, 0) is 4.74 Å². The molecule has 1 aromatic heterocycles. The van der Waals surface area contributed by atoms with Crippen LogP contribution in [0, 0.1) is 11.8 Å². The van der Waals surface area contributed by atoms with Crippen LogP contribution in [-0.4, -0.2) is 56.6 Å². The van der Waals surface area contributed by atoms with E-state index in [9.17, 15) is 4.79 Å². The van der Waals surface area contributed by atoms with Gasteiger partial charge in [-0.25, -0.2) is 0 Å². The molecule has 4 aliphatic heterocycles. The predicted molar refractivity (Wildman–Crippen MR) is 126 cm³/mol. The summed E-state index contributed by atoms with van der Waals surface area (Å²) in [5, 5.41) is 0.997. The van der Waals surface area contributed by atoms with Gasteiger partial charge in [0.05, 0.1) is 13.2 Å². The van der Waals surface area contributed by atoms with Gasteiger partial charge >= 0.3 is 0 Å². The minimum Gasteiger partial charge on any atom is -0.452 e. The SMILES string of the molecule is O=C(C[C@H]1CN2CCC1CC2)c1cc2cccc(-c3cccc(N4CCOCC4)c3)c2o1. The summed E-state index contributed by atoms with van der Waals surface area (Å²) in [5.41, 5.74) is 4.17. The van der Waals surface area contributed by atoms with Crippen LogP contribution in [0.25, 0.3) is 22.1 Å². The van der Waals surface area contributed by atoms with E-state index in [2.05, 4.69) is 46.2 Å². The lowest BCUT2D eigenvalue weighted by Crippen LogP contribution is -2.47. The van der Waals surface area contributed by atoms with Gasteiger partial charge < -0.3 is 19.0 Å². The monoisotopic (exact) mass is 430 g/mol. The highest BCUT2D eigenvalue weighted by atomic mass is 16.5. The number of rotatable bonds is 5. The molecule has 4 fully saturated rings. The van der Waals surface area contributed by atoms with Gasteiger partial charge in [0.1, 0.15) is 5.58 Å². The molecule has 5 nitrogen and oxygen atoms in total. The Morgan fingerprint density at radius 2 is 1.78 bits per heavy atom. The number of nitrogens with zero attached hydrogens (tertiary/aromatic N) is 2. The molecule has 0 spiro atoms. The Bertz CT molecular complexity index is 1120. The lowest BCUT2D eigenvalue weighted by Gasteiger charge is -2.44. The first-order valence-corrected chi connectivity index (χ1v) is 12.0. The first kappa shape index (κ1) is 20.0. The van der Waals surface area contributed by atoms with Crippen molar-refractivity contribution in [1.82, 2.24) is 4.90 Å². The summed E-state index contributed by atoms with van der Waals surface area (Å²) in [7, 11) is 0. The third-order valence-electron chi connectivity index (χ3n) is 7.59. The molecule has 0 amide bonds. The van der Waals surface area contributed by atoms with Crippen LogP contribution < -0.4 is 4.90 Å². The van der Waals surface area contributed by atoms with E-state index in [-0.39, 0.29) is 5.78 Å². The third-order valence-corrected chi connectivity index (χ3v) is 7.59. The van der Waals surface area contributed by atoms with E-state index < -0.39 is 0 Å². The van der Waals surface area contributed by atoms with Crippen molar-refractivity contribution in [2.45, 2.75) is 19.3 Å². The van der Waals surface area contributed by atoms with Gasteiger partial charge in [0, 0.05) is 42.7 Å². The maximum Gasteiger partial charge on any atom is 0.198 e. The predicted octanol–water partition coefficient (Wildman–Crippen LogP) is 4.85. The van der Waals surface area contributed by atoms with E-state index in [0.717, 1.165) is 54.9 Å². The summed E-state index contributed by atoms with van der Waals surface area (Å²) in [6.45, 7) is 6.82. The lowest BCUT2D eigenvalue weighted by atomic mass is 9.76. The van der Waals surface area contributed by atoms with Crippen LogP contribution in [0.1, 0.15) is 29.8 Å². The largest absolute Gasteiger partial charge is 0.452 e. The van der Waals surface area contributed by atoms with Crippen molar-refractivity contribution in [3.63, 3.8) is 0 Å². The average Bonchev–Trinajstić information content (AvgIpc) is 3.30. The van der Waals surface area contributed by atoms with E-state index in [1.165, 1.54) is 31.6 Å². The number of ketones is 1. The molecule has 4 aliphatic rings. The summed E-state index contributed by atoms with van der Waals surface area (Å²) in [4.78, 5) is 18.0. The van der Waals surface area contributed by atoms with Crippen LogP contribution in [0.2, 0.25) is 0 Å². The second kappa shape index (κ2) is 8.38. The highest BCUT2D eigenvalue weighted by molar-refractivity contribution is 6.01. The molecule has 5 heterocycles. The van der Waals surface area contributed by atoms with E-state index >= 15 is 0 Å². The maximum absolute atomic E-state index is 13.1. The Balaban J connectivity index is 1.27. The second-order valence-corrected chi connectivity index (χ2v) is 9.51. The maximum atomic E-state index is 13.1. The molecule has 0 saturated carbocycles. The average molecular weight is 431 g/mol. The lowest BCUT2D eigenvalue weighted by molar-refractivity contribution is 0.0433. The first-order valence-electron chi connectivity index (χ1n) is 12.0. The van der Waals surface area contributed by atoms with E-state index in [1.54, 1.807) is 0 Å². The molecule has 1 atom stereocenters. The number of benzene rings is 2. The number of fused-ring (bicyclic) bond motifs is 4. The topological polar surface area (TPSA) is 45.9 Å². The van der Waals surface area contributed by atoms with E-state index in [1.807, 2.05) is 12.1 Å². The van der Waals surface area contributed by atoms with Crippen LogP contribution in [0.15, 0.2) is 52.9 Å². The Hall–Kier alpha value is -2.63. The van der Waals surface area contributed by atoms with Crippen molar-refractivity contribution in [3.8, 4) is 11.1 Å². The molecule has 32 heavy (non-hydrogen) atoms. The Morgan fingerprint density at radius 1 is 0.969 bits per heavy atom. The minimum absolute atomic E-state index is 0.146. The smallest absolute Gasteiger partial charge is 0.198 e. The normalized spacial score (nSPS) is 25.4. The Kier molecular flexibility index (Phi) is 5.24. The Morgan fingerprint density at radius 3 is 2.56 bits per heavy atom. The number of hydrogen-bond acceptors (Lipinski definition) is 5. The molecule has 0 N–H and O–H groups in total. The van der Waals surface area contributed by atoms with Crippen LogP contribution in [0.4, 0.5) is 5.69 Å². The number of anilines is 1. The number of carbonyl (C=O) groups excluding carboxylic acids is 1. The van der Waals surface area contributed by atoms with Gasteiger partial charge in [-0.2, -0.15) is 0 Å². The van der Waals surface area contributed by atoms with E-state index in [0.29, 0.717) is 24.0 Å². The highest BCUT2D eigenvalue weighted by Crippen LogP contribution is 2.37. The zero-order valence-electron chi connectivity index (χ0n) is 18.5. The molecular formula is C27H30N2O3. The molecule has 0 radical (unpaired) electrons. The third kappa shape index (κ3) is 3.74. The zero-order chi connectivity index (χ0) is 21.5. The number of piperidine rings is 3. The fourth-order valence-corrected chi connectivity index (χ4v) is 5.78. The number of para-hydroxylation sites is 1. The van der Waals surface area contributed by atoms with Gasteiger partial charge in [-0.3, -0.25) is 4.79 Å². The quantitative estimate of drug-likeness (QED) is 0.542. The first-order chi connectivity index (χ1) is 15.7. The van der Waals surface area contributed by atoms with Crippen molar-refractivity contribution < 1.29 is 13.9 Å². The number of Topliss-reactive ketones (excluding diaryl/α,β-unsaturated/α-hetero) is 1. The number of ether oxygens (including phenoxy) is 1. The number of morpholine rings is 1. The molecule has 166 valence electrons. The molecule has 0 aliphatic carbocycles. The molecule has 3 aromatic rings. The second-order valence-electron chi connectivity index (χ2n) is 9.51. The molecule has 4 saturated heterocycles. The van der Waals surface area contributed by atoms with E-state index in [4.69, 9.17) is 9.15 Å². The summed E-state index contributed by atoms with van der Waals surface area (Å²) in [6, 6.07) is 16.7. The summed E-state index contributed by atoms with van der Waals surface area (Å²) >= 11 is 0. The summed E-state index contributed by atoms with van der Waals surface area (Å²) in [6.07, 6.45) is 3.08. The van der Waals surface area contributed by atoms with Crippen LogP contribution >= 0.6 is 0 Å². The Labute approximate surface area is 188 Å². The van der Waals surface area contributed by atoms with Crippen molar-refractivity contribution in [1.29, 1.82) is 0 Å². The number of furan rings is 1. The van der Waals surface area contributed by atoms with Gasteiger partial charge in [-0.05, 0) is 61.5 Å². The standard InChI is InChI=1S/C27H30N2O3/c30-25(16-22-18-28-9-7-19(22)8-10-28)26-17-21-4-2-6-24(27(21)32-26)20-3-1-5-23(15-20)29-11-13-31-14-12-29/h1-6,15,17,19,22H,7-14,16,18H2/t22-/m0/s1. The highest BCUT2D eigenvalue weighted by Gasteiger charge is 2.35. The summed E-state index contributed by atoms with van der Waals surface area (Å²) in [5.74, 6) is 1.83. The van der Waals surface area contributed by atoms with Crippen LogP contribution in [0.3, 0.4) is 0 Å². The number of carbonyl (C=O) groups is 1. The van der Waals surface area contributed by atoms with Gasteiger partial charge in [-0.1, -0.05) is 30.3 Å².